The number of carboxylic acid groups (broad SMARTS) is 1. The summed E-state index contributed by atoms with van der Waals surface area (Å²) in [4.78, 5) is 22.8. The molecule has 1 fully saturated rings. The molecule has 1 unspecified atom stereocenters. The number of hydrogen-bond donors (Lipinski definition) is 3. The van der Waals surface area contributed by atoms with Gasteiger partial charge in [-0.2, -0.15) is 0 Å². The van der Waals surface area contributed by atoms with Crippen LogP contribution in [0.2, 0.25) is 0 Å². The second-order valence-corrected chi connectivity index (χ2v) is 5.73. The molecule has 0 aromatic rings. The molecule has 5 heteroatoms. The monoisotopic (exact) mass is 270 g/mol. The van der Waals surface area contributed by atoms with Crippen molar-refractivity contribution < 1.29 is 14.7 Å². The Kier molecular flexibility index (Phi) is 6.28. The smallest absolute Gasteiger partial charge is 0.308 e. The summed E-state index contributed by atoms with van der Waals surface area (Å²) >= 11 is 0. The Morgan fingerprint density at radius 1 is 1.32 bits per heavy atom. The molecule has 0 aromatic heterocycles. The van der Waals surface area contributed by atoms with Gasteiger partial charge in [0.25, 0.3) is 0 Å². The molecular weight excluding hydrogens is 244 g/mol. The van der Waals surface area contributed by atoms with Crippen molar-refractivity contribution in [1.29, 1.82) is 0 Å². The van der Waals surface area contributed by atoms with E-state index in [4.69, 9.17) is 10.8 Å². The van der Waals surface area contributed by atoms with Crippen LogP contribution in [0.5, 0.6) is 0 Å². The summed E-state index contributed by atoms with van der Waals surface area (Å²) in [5.41, 5.74) is 5.82. The summed E-state index contributed by atoms with van der Waals surface area (Å²) in [6.07, 6.45) is 6.82. The molecule has 110 valence electrons. The first kappa shape index (κ1) is 16.0. The first-order valence-electron chi connectivity index (χ1n) is 7.25. The molecule has 1 amide bonds. The third kappa shape index (κ3) is 5.59. The molecule has 0 bridgehead atoms. The fourth-order valence-corrected chi connectivity index (χ4v) is 2.71. The molecule has 5 nitrogen and oxygen atoms in total. The van der Waals surface area contributed by atoms with E-state index in [0.29, 0.717) is 12.8 Å². The number of carbonyl (C=O) groups excluding carboxylic acids is 1. The first-order chi connectivity index (χ1) is 8.97. The highest BCUT2D eigenvalue weighted by Gasteiger charge is 2.30. The van der Waals surface area contributed by atoms with Crippen LogP contribution in [-0.2, 0) is 9.59 Å². The van der Waals surface area contributed by atoms with Gasteiger partial charge in [0.05, 0.1) is 5.92 Å². The number of amides is 1. The lowest BCUT2D eigenvalue weighted by atomic mass is 9.80. The summed E-state index contributed by atoms with van der Waals surface area (Å²) in [5, 5.41) is 11.7. The topological polar surface area (TPSA) is 92.4 Å². The fourth-order valence-electron chi connectivity index (χ4n) is 2.71. The Morgan fingerprint density at radius 2 is 1.95 bits per heavy atom. The second kappa shape index (κ2) is 7.48. The van der Waals surface area contributed by atoms with Gasteiger partial charge in [-0.1, -0.05) is 32.6 Å². The number of aliphatic carboxylic acids is 1. The first-order valence-corrected chi connectivity index (χ1v) is 7.25. The molecule has 1 rings (SSSR count). The van der Waals surface area contributed by atoms with Crippen molar-refractivity contribution in [3.05, 3.63) is 0 Å². The fraction of sp³-hybridized carbons (Fsp3) is 0.857. The highest BCUT2D eigenvalue weighted by molar-refractivity contribution is 5.78. The van der Waals surface area contributed by atoms with E-state index in [9.17, 15) is 9.59 Å². The maximum absolute atomic E-state index is 11.9. The summed E-state index contributed by atoms with van der Waals surface area (Å²) in [5.74, 6) is -1.46. The zero-order valence-electron chi connectivity index (χ0n) is 11.8. The van der Waals surface area contributed by atoms with Gasteiger partial charge in [-0.05, 0) is 19.3 Å². The second-order valence-electron chi connectivity index (χ2n) is 5.73. The van der Waals surface area contributed by atoms with E-state index in [1.54, 1.807) is 0 Å². The summed E-state index contributed by atoms with van der Waals surface area (Å²) < 4.78 is 0. The van der Waals surface area contributed by atoms with E-state index < -0.39 is 11.9 Å². The van der Waals surface area contributed by atoms with E-state index in [1.165, 1.54) is 6.42 Å². The molecule has 0 aromatic carbocycles. The normalized spacial score (nSPS) is 19.7. The van der Waals surface area contributed by atoms with E-state index in [1.807, 2.05) is 6.92 Å². The molecular formula is C14H26N2O3. The number of carboxylic acids is 1. The quantitative estimate of drug-likeness (QED) is 0.656. The minimum Gasteiger partial charge on any atom is -0.481 e. The molecule has 4 N–H and O–H groups in total. The van der Waals surface area contributed by atoms with Crippen LogP contribution < -0.4 is 11.1 Å². The van der Waals surface area contributed by atoms with Gasteiger partial charge in [-0.3, -0.25) is 9.59 Å². The van der Waals surface area contributed by atoms with Crippen LogP contribution in [0.4, 0.5) is 0 Å². The predicted molar refractivity (Wildman–Crippen MR) is 73.7 cm³/mol. The Morgan fingerprint density at radius 3 is 2.47 bits per heavy atom. The van der Waals surface area contributed by atoms with Crippen LogP contribution in [0.1, 0.15) is 58.3 Å². The number of nitrogens with two attached hydrogens (primary N) is 1. The molecule has 1 saturated carbocycles. The van der Waals surface area contributed by atoms with Crippen molar-refractivity contribution in [2.75, 3.05) is 6.54 Å². The molecule has 1 atom stereocenters. The van der Waals surface area contributed by atoms with E-state index in [-0.39, 0.29) is 18.0 Å². The average Bonchev–Trinajstić information content (AvgIpc) is 2.34. The van der Waals surface area contributed by atoms with Gasteiger partial charge in [0.1, 0.15) is 0 Å². The van der Waals surface area contributed by atoms with Crippen LogP contribution in [-0.4, -0.2) is 29.1 Å². The van der Waals surface area contributed by atoms with Gasteiger partial charge in [0.2, 0.25) is 5.91 Å². The lowest BCUT2D eigenvalue weighted by molar-refractivity contribution is -0.142. The van der Waals surface area contributed by atoms with Crippen LogP contribution in [0.25, 0.3) is 0 Å². The number of carbonyl (C=O) groups is 2. The van der Waals surface area contributed by atoms with E-state index in [2.05, 4.69) is 5.32 Å². The van der Waals surface area contributed by atoms with Crippen molar-refractivity contribution in [3.63, 3.8) is 0 Å². The molecule has 0 heterocycles. The molecule has 19 heavy (non-hydrogen) atoms. The molecule has 0 aliphatic heterocycles. The molecule has 0 saturated heterocycles. The maximum Gasteiger partial charge on any atom is 0.308 e. The Balaban J connectivity index is 2.35. The summed E-state index contributed by atoms with van der Waals surface area (Å²) in [7, 11) is 0. The molecule has 1 aliphatic rings. The van der Waals surface area contributed by atoms with Gasteiger partial charge in [0.15, 0.2) is 0 Å². The molecule has 0 radical (unpaired) electrons. The zero-order chi connectivity index (χ0) is 14.3. The summed E-state index contributed by atoms with van der Waals surface area (Å²) in [6.45, 7) is 2.15. The maximum atomic E-state index is 11.9. The van der Waals surface area contributed by atoms with Gasteiger partial charge in [-0.15, -0.1) is 0 Å². The van der Waals surface area contributed by atoms with E-state index >= 15 is 0 Å². The standard InChI is InChI=1S/C14H26N2O3/c1-2-6-11(13(18)19)10-16-12(17)9-14(15)7-4-3-5-8-14/h11H,2-10,15H2,1H3,(H,16,17)(H,18,19). The SMILES string of the molecule is CCCC(CNC(=O)CC1(N)CCCCC1)C(=O)O. The predicted octanol–water partition coefficient (Wildman–Crippen LogP) is 1.66. The summed E-state index contributed by atoms with van der Waals surface area (Å²) in [6, 6.07) is 0. The number of hydrogen-bond acceptors (Lipinski definition) is 3. The minimum atomic E-state index is -0.845. The number of rotatable bonds is 7. The Hall–Kier alpha value is -1.10. The molecule has 1 aliphatic carbocycles. The average molecular weight is 270 g/mol. The van der Waals surface area contributed by atoms with Crippen molar-refractivity contribution in [3.8, 4) is 0 Å². The lowest BCUT2D eigenvalue weighted by Crippen LogP contribution is -2.46. The van der Waals surface area contributed by atoms with Crippen molar-refractivity contribution in [2.45, 2.75) is 63.8 Å². The van der Waals surface area contributed by atoms with Crippen LogP contribution >= 0.6 is 0 Å². The molecule has 0 spiro atoms. The Labute approximate surface area is 114 Å². The van der Waals surface area contributed by atoms with Crippen LogP contribution in [0.3, 0.4) is 0 Å². The van der Waals surface area contributed by atoms with Crippen LogP contribution in [0.15, 0.2) is 0 Å². The number of nitrogens with one attached hydrogen (secondary N) is 1. The van der Waals surface area contributed by atoms with E-state index in [0.717, 1.165) is 32.1 Å². The minimum absolute atomic E-state index is 0.119. The van der Waals surface area contributed by atoms with Crippen molar-refractivity contribution in [1.82, 2.24) is 5.32 Å². The van der Waals surface area contributed by atoms with Gasteiger partial charge < -0.3 is 16.2 Å². The lowest BCUT2D eigenvalue weighted by Gasteiger charge is -2.32. The zero-order valence-corrected chi connectivity index (χ0v) is 11.8. The highest BCUT2D eigenvalue weighted by Crippen LogP contribution is 2.28. The third-order valence-electron chi connectivity index (χ3n) is 3.89. The van der Waals surface area contributed by atoms with Crippen molar-refractivity contribution >= 4 is 11.9 Å². The van der Waals surface area contributed by atoms with Gasteiger partial charge in [-0.25, -0.2) is 0 Å². The van der Waals surface area contributed by atoms with Gasteiger partial charge >= 0.3 is 5.97 Å². The highest BCUT2D eigenvalue weighted by atomic mass is 16.4. The van der Waals surface area contributed by atoms with Crippen molar-refractivity contribution in [2.24, 2.45) is 11.7 Å². The largest absolute Gasteiger partial charge is 0.481 e. The Bertz CT molecular complexity index is 312. The van der Waals surface area contributed by atoms with Crippen LogP contribution in [0, 0.1) is 5.92 Å². The third-order valence-corrected chi connectivity index (χ3v) is 3.89. The van der Waals surface area contributed by atoms with Gasteiger partial charge in [0, 0.05) is 18.5 Å².